The maximum absolute atomic E-state index is 11.9. The van der Waals surface area contributed by atoms with Crippen LogP contribution >= 0.6 is 34.2 Å². The predicted octanol–water partition coefficient (Wildman–Crippen LogP) is 3.04. The zero-order chi connectivity index (χ0) is 11.0. The second kappa shape index (κ2) is 4.29. The largest absolute Gasteiger partial charge is 0.338 e. The van der Waals surface area contributed by atoms with Crippen LogP contribution in [-0.2, 0) is 0 Å². The van der Waals surface area contributed by atoms with E-state index in [-0.39, 0.29) is 5.91 Å². The van der Waals surface area contributed by atoms with Crippen molar-refractivity contribution in [1.82, 2.24) is 4.90 Å². The highest BCUT2D eigenvalue weighted by Crippen LogP contribution is 2.23. The van der Waals surface area contributed by atoms with Crippen molar-refractivity contribution in [2.45, 2.75) is 6.92 Å². The molecule has 1 heterocycles. The molecule has 15 heavy (non-hydrogen) atoms. The first-order chi connectivity index (χ1) is 7.08. The van der Waals surface area contributed by atoms with Crippen molar-refractivity contribution >= 4 is 40.1 Å². The van der Waals surface area contributed by atoms with Gasteiger partial charge in [-0.25, -0.2) is 0 Å². The summed E-state index contributed by atoms with van der Waals surface area (Å²) in [5.74, 6) is 0.722. The van der Waals surface area contributed by atoms with Gasteiger partial charge in [0.25, 0.3) is 5.91 Å². The number of rotatable bonds is 1. The topological polar surface area (TPSA) is 20.3 Å². The Kier molecular flexibility index (Phi) is 3.21. The lowest BCUT2D eigenvalue weighted by atomic mass is 10.0. The molecule has 0 bridgehead atoms. The van der Waals surface area contributed by atoms with Gasteiger partial charge in [0.05, 0.1) is 5.02 Å². The molecule has 0 saturated carbocycles. The average molecular weight is 336 g/mol. The van der Waals surface area contributed by atoms with Crippen molar-refractivity contribution in [1.29, 1.82) is 0 Å². The number of hydrogen-bond donors (Lipinski definition) is 0. The van der Waals surface area contributed by atoms with Crippen LogP contribution < -0.4 is 0 Å². The van der Waals surface area contributed by atoms with Crippen molar-refractivity contribution in [3.8, 4) is 0 Å². The van der Waals surface area contributed by atoms with E-state index in [4.69, 9.17) is 11.6 Å². The second-order valence-corrected chi connectivity index (χ2v) is 5.51. The highest BCUT2D eigenvalue weighted by molar-refractivity contribution is 14.1. The van der Waals surface area contributed by atoms with Crippen molar-refractivity contribution in [2.75, 3.05) is 13.1 Å². The number of carbonyl (C=O) groups is 1. The summed E-state index contributed by atoms with van der Waals surface area (Å²) in [6, 6.07) is 5.45. The Morgan fingerprint density at radius 3 is 2.73 bits per heavy atom. The summed E-state index contributed by atoms with van der Waals surface area (Å²) >= 11 is 8.13. The SMILES string of the molecule is CC1CN(C(=O)c2ccc(I)c(Cl)c2)C1. The Hall–Kier alpha value is -0.290. The Morgan fingerprint density at radius 1 is 1.53 bits per heavy atom. The minimum Gasteiger partial charge on any atom is -0.338 e. The highest BCUT2D eigenvalue weighted by atomic mass is 127. The third-order valence-corrected chi connectivity index (χ3v) is 4.09. The van der Waals surface area contributed by atoms with E-state index in [1.165, 1.54) is 0 Å². The first-order valence-corrected chi connectivity index (χ1v) is 6.28. The van der Waals surface area contributed by atoms with E-state index < -0.39 is 0 Å². The van der Waals surface area contributed by atoms with E-state index in [2.05, 4.69) is 29.5 Å². The number of amides is 1. The normalized spacial score (nSPS) is 16.3. The summed E-state index contributed by atoms with van der Waals surface area (Å²) in [6.07, 6.45) is 0. The Morgan fingerprint density at radius 2 is 2.20 bits per heavy atom. The molecule has 1 aliphatic rings. The minimum absolute atomic E-state index is 0.0893. The van der Waals surface area contributed by atoms with Gasteiger partial charge in [0.1, 0.15) is 0 Å². The Bertz CT molecular complexity index is 402. The standard InChI is InChI=1S/C11H11ClINO/c1-7-5-14(6-7)11(15)8-2-3-10(13)9(12)4-8/h2-4,7H,5-6H2,1H3. The van der Waals surface area contributed by atoms with Gasteiger partial charge in [0.2, 0.25) is 0 Å². The third kappa shape index (κ3) is 2.28. The number of likely N-dealkylation sites (tertiary alicyclic amines) is 1. The van der Waals surface area contributed by atoms with Gasteiger partial charge in [-0.1, -0.05) is 18.5 Å². The molecule has 0 unspecified atom stereocenters. The van der Waals surface area contributed by atoms with Gasteiger partial charge in [-0.05, 0) is 46.7 Å². The summed E-state index contributed by atoms with van der Waals surface area (Å²) in [7, 11) is 0. The van der Waals surface area contributed by atoms with Gasteiger partial charge < -0.3 is 4.90 Å². The molecule has 4 heteroatoms. The van der Waals surface area contributed by atoms with E-state index >= 15 is 0 Å². The predicted molar refractivity (Wildman–Crippen MR) is 69.2 cm³/mol. The molecule has 0 aromatic heterocycles. The first kappa shape index (κ1) is 11.2. The number of benzene rings is 1. The van der Waals surface area contributed by atoms with Gasteiger partial charge in [-0.3, -0.25) is 4.79 Å². The molecule has 1 amide bonds. The zero-order valence-corrected chi connectivity index (χ0v) is 11.2. The van der Waals surface area contributed by atoms with Crippen molar-refractivity contribution in [3.63, 3.8) is 0 Å². The molecule has 80 valence electrons. The van der Waals surface area contributed by atoms with E-state index in [1.807, 2.05) is 17.0 Å². The molecule has 2 rings (SSSR count). The molecule has 1 aromatic carbocycles. The highest BCUT2D eigenvalue weighted by Gasteiger charge is 2.27. The molecule has 0 N–H and O–H groups in total. The van der Waals surface area contributed by atoms with E-state index in [1.54, 1.807) is 6.07 Å². The van der Waals surface area contributed by atoms with Crippen molar-refractivity contribution in [2.24, 2.45) is 5.92 Å². The first-order valence-electron chi connectivity index (χ1n) is 4.82. The summed E-state index contributed by atoms with van der Waals surface area (Å²) < 4.78 is 0.975. The fourth-order valence-electron chi connectivity index (χ4n) is 1.68. The fourth-order valence-corrected chi connectivity index (χ4v) is 2.19. The van der Waals surface area contributed by atoms with Crippen molar-refractivity contribution in [3.05, 3.63) is 32.4 Å². The van der Waals surface area contributed by atoms with E-state index in [9.17, 15) is 4.79 Å². The van der Waals surface area contributed by atoms with Crippen LogP contribution in [-0.4, -0.2) is 23.9 Å². The number of hydrogen-bond acceptors (Lipinski definition) is 1. The lowest BCUT2D eigenvalue weighted by molar-refractivity contribution is 0.0530. The second-order valence-electron chi connectivity index (χ2n) is 3.94. The van der Waals surface area contributed by atoms with Gasteiger partial charge >= 0.3 is 0 Å². The molecule has 1 fully saturated rings. The van der Waals surface area contributed by atoms with E-state index in [0.29, 0.717) is 16.5 Å². The third-order valence-electron chi connectivity index (χ3n) is 2.52. The fraction of sp³-hybridized carbons (Fsp3) is 0.364. The lowest BCUT2D eigenvalue weighted by Gasteiger charge is -2.37. The maximum atomic E-state index is 11.9. The van der Waals surface area contributed by atoms with Gasteiger partial charge in [0, 0.05) is 22.2 Å². The van der Waals surface area contributed by atoms with Crippen molar-refractivity contribution < 1.29 is 4.79 Å². The Labute approximate surface area is 108 Å². The van der Waals surface area contributed by atoms with Crippen LogP contribution in [0.15, 0.2) is 18.2 Å². The Balaban J connectivity index is 2.16. The van der Waals surface area contributed by atoms with Crippen LogP contribution in [0.4, 0.5) is 0 Å². The smallest absolute Gasteiger partial charge is 0.253 e. The lowest BCUT2D eigenvalue weighted by Crippen LogP contribution is -2.48. The van der Waals surface area contributed by atoms with E-state index in [0.717, 1.165) is 16.7 Å². The van der Waals surface area contributed by atoms with Gasteiger partial charge in [-0.15, -0.1) is 0 Å². The number of carbonyl (C=O) groups excluding carboxylic acids is 1. The maximum Gasteiger partial charge on any atom is 0.253 e. The summed E-state index contributed by atoms with van der Waals surface area (Å²) in [5, 5.41) is 0.648. The minimum atomic E-state index is 0.0893. The summed E-state index contributed by atoms with van der Waals surface area (Å²) in [6.45, 7) is 3.87. The molecular weight excluding hydrogens is 324 g/mol. The summed E-state index contributed by atoms with van der Waals surface area (Å²) in [4.78, 5) is 13.8. The zero-order valence-electron chi connectivity index (χ0n) is 8.34. The van der Waals surface area contributed by atoms with Crippen LogP contribution in [0.5, 0.6) is 0 Å². The molecule has 0 spiro atoms. The van der Waals surface area contributed by atoms with Crippen LogP contribution in [0, 0.1) is 9.49 Å². The monoisotopic (exact) mass is 335 g/mol. The van der Waals surface area contributed by atoms with Crippen LogP contribution in [0.3, 0.4) is 0 Å². The van der Waals surface area contributed by atoms with Crippen LogP contribution in [0.25, 0.3) is 0 Å². The molecular formula is C11H11ClINO. The molecule has 0 atom stereocenters. The van der Waals surface area contributed by atoms with Gasteiger partial charge in [0.15, 0.2) is 0 Å². The number of halogens is 2. The molecule has 0 radical (unpaired) electrons. The number of nitrogens with zero attached hydrogens (tertiary/aromatic N) is 1. The molecule has 1 aliphatic heterocycles. The quantitative estimate of drug-likeness (QED) is 0.723. The summed E-state index contributed by atoms with van der Waals surface area (Å²) in [5.41, 5.74) is 0.687. The molecule has 0 aliphatic carbocycles. The molecule has 1 saturated heterocycles. The molecule has 1 aromatic rings. The molecule has 2 nitrogen and oxygen atoms in total. The van der Waals surface area contributed by atoms with Crippen LogP contribution in [0.1, 0.15) is 17.3 Å². The average Bonchev–Trinajstić information content (AvgIpc) is 2.16. The van der Waals surface area contributed by atoms with Gasteiger partial charge in [-0.2, -0.15) is 0 Å². The van der Waals surface area contributed by atoms with Crippen LogP contribution in [0.2, 0.25) is 5.02 Å².